The molecule has 2 bridgehead atoms. The van der Waals surface area contributed by atoms with Gasteiger partial charge in [0.1, 0.15) is 0 Å². The van der Waals surface area contributed by atoms with Crippen LogP contribution in [0.15, 0.2) is 244 Å². The first-order valence-corrected chi connectivity index (χ1v) is 19.7. The number of benzene rings is 3. The van der Waals surface area contributed by atoms with Crippen LogP contribution >= 0.6 is 0 Å². The van der Waals surface area contributed by atoms with E-state index in [1.165, 1.54) is 22.3 Å². The first-order chi connectivity index (χ1) is 28.9. The van der Waals surface area contributed by atoms with Gasteiger partial charge in [-0.25, -0.2) is 0 Å². The summed E-state index contributed by atoms with van der Waals surface area (Å²) >= 11 is 0. The fraction of sp³-hybridized carbons (Fsp3) is 0.0702. The maximum atomic E-state index is 5.81. The number of allylic oxidation sites excluding steroid dienone is 11. The van der Waals surface area contributed by atoms with E-state index >= 15 is 0 Å². The Balaban J connectivity index is 0.000000298. The van der Waals surface area contributed by atoms with Crippen molar-refractivity contribution in [2.24, 2.45) is 10.7 Å². The third-order valence-electron chi connectivity index (χ3n) is 8.98. The van der Waals surface area contributed by atoms with Gasteiger partial charge >= 0.3 is 0 Å². The highest BCUT2D eigenvalue weighted by Gasteiger charge is 2.07. The Morgan fingerprint density at radius 2 is 0.949 bits per heavy atom. The number of aliphatic imine (C=N–C) groups is 1. The topological polar surface area (TPSA) is 38.4 Å². The zero-order valence-corrected chi connectivity index (χ0v) is 35.0. The standard InChI is InChI=1S/C29H29N.C25H23N.C3H6/c1-7-11-12-24(10-4)27-15-13-25(14-16-27)22(5)21-29(30-6)28-19-17-26(18-20-28)23(8-2)9-3;26-20-21-12-4-2-1-3-5-14-22-16-8-9-17-23(15-7-6-13-21)25-19-11-10-18-24(22)25;1-3-2/h7-21H,2,4-6H2,1,3H3;1-19H,20,26H2;3H,1H2,2H3/b11-7-,23-9+,24-12+,29-21-;;. The van der Waals surface area contributed by atoms with E-state index in [0.717, 1.165) is 50.2 Å². The predicted octanol–water partition coefficient (Wildman–Crippen LogP) is 15.5. The third-order valence-corrected chi connectivity index (χ3v) is 8.98. The quantitative estimate of drug-likeness (QED) is 0.0857. The Morgan fingerprint density at radius 3 is 1.41 bits per heavy atom. The van der Waals surface area contributed by atoms with E-state index in [1.807, 2.05) is 118 Å². The molecule has 2 aliphatic rings. The minimum atomic E-state index is 0.515. The summed E-state index contributed by atoms with van der Waals surface area (Å²) in [7, 11) is 0. The molecule has 59 heavy (non-hydrogen) atoms. The summed E-state index contributed by atoms with van der Waals surface area (Å²) in [5, 5.41) is 0. The number of rotatable bonds is 10. The fourth-order valence-corrected chi connectivity index (χ4v) is 5.90. The smallest absolute Gasteiger partial charge is 0.0700 e. The molecule has 296 valence electrons. The molecule has 2 N–H and O–H groups in total. The molecule has 0 heterocycles. The van der Waals surface area contributed by atoms with Crippen molar-refractivity contribution < 1.29 is 0 Å². The van der Waals surface area contributed by atoms with Crippen molar-refractivity contribution in [1.29, 1.82) is 0 Å². The van der Waals surface area contributed by atoms with Crippen LogP contribution in [0.4, 0.5) is 0 Å². The van der Waals surface area contributed by atoms with Gasteiger partial charge in [-0.1, -0.05) is 226 Å². The van der Waals surface area contributed by atoms with Crippen molar-refractivity contribution in [2.45, 2.75) is 27.3 Å². The number of nitrogens with two attached hydrogens (primary N) is 1. The number of hydrogen-bond donors (Lipinski definition) is 1. The minimum absolute atomic E-state index is 0.515. The molecule has 0 fully saturated rings. The lowest BCUT2D eigenvalue weighted by atomic mass is 9.95. The predicted molar refractivity (Wildman–Crippen MR) is 264 cm³/mol. The van der Waals surface area contributed by atoms with Crippen LogP contribution in [0, 0.1) is 0 Å². The minimum Gasteiger partial charge on any atom is -0.326 e. The van der Waals surface area contributed by atoms with E-state index in [2.05, 4.69) is 147 Å². The molecule has 0 spiro atoms. The lowest BCUT2D eigenvalue weighted by molar-refractivity contribution is 1.07. The third kappa shape index (κ3) is 15.0. The van der Waals surface area contributed by atoms with Gasteiger partial charge in [-0.3, -0.25) is 4.99 Å². The second kappa shape index (κ2) is 26.7. The summed E-state index contributed by atoms with van der Waals surface area (Å²) in [6, 6.07) is 56.1. The van der Waals surface area contributed by atoms with Crippen molar-refractivity contribution in [1.82, 2.24) is 0 Å². The molecule has 3 aromatic carbocycles. The zero-order valence-electron chi connectivity index (χ0n) is 35.0. The van der Waals surface area contributed by atoms with Crippen LogP contribution in [-0.4, -0.2) is 6.72 Å². The van der Waals surface area contributed by atoms with Gasteiger partial charge in [0.05, 0.1) is 5.70 Å². The van der Waals surface area contributed by atoms with Crippen LogP contribution in [0.25, 0.3) is 44.7 Å². The van der Waals surface area contributed by atoms with E-state index in [0.29, 0.717) is 6.54 Å². The van der Waals surface area contributed by atoms with Crippen molar-refractivity contribution in [3.63, 3.8) is 0 Å². The number of hydrogen-bond acceptors (Lipinski definition) is 2. The summed E-state index contributed by atoms with van der Waals surface area (Å²) in [6.45, 7) is 25.5. The van der Waals surface area contributed by atoms with Crippen molar-refractivity contribution in [2.75, 3.05) is 0 Å². The second-order valence-electron chi connectivity index (χ2n) is 13.0. The Morgan fingerprint density at radius 1 is 0.542 bits per heavy atom. The summed E-state index contributed by atoms with van der Waals surface area (Å²) in [5.74, 6) is 0. The van der Waals surface area contributed by atoms with E-state index in [-0.39, 0.29) is 0 Å². The SMILES string of the molecule is C=C/C(=C\C=C/C)c1ccc(C(=C)/C=C(\N=C)c2ccc(/C(C=C)=C/C)cc2)cc1.C=CC.NCc1cccccccc2ccccc(cccc1)-c1ccccc1-2. The van der Waals surface area contributed by atoms with Gasteiger partial charge in [0, 0.05) is 12.1 Å². The van der Waals surface area contributed by atoms with Crippen molar-refractivity contribution >= 4 is 29.1 Å². The van der Waals surface area contributed by atoms with Gasteiger partial charge in [0.15, 0.2) is 0 Å². The fourth-order valence-electron chi connectivity index (χ4n) is 5.90. The van der Waals surface area contributed by atoms with E-state index in [4.69, 9.17) is 5.73 Å². The van der Waals surface area contributed by atoms with Crippen LogP contribution in [0.3, 0.4) is 0 Å². The molecule has 0 amide bonds. The molecule has 2 heteroatoms. The van der Waals surface area contributed by atoms with Crippen LogP contribution in [0.1, 0.15) is 48.6 Å². The molecule has 0 aromatic heterocycles. The van der Waals surface area contributed by atoms with Gasteiger partial charge in [-0.05, 0) is 94.8 Å². The van der Waals surface area contributed by atoms with Crippen LogP contribution in [0.2, 0.25) is 0 Å². The highest BCUT2D eigenvalue weighted by Crippen LogP contribution is 2.32. The molecule has 5 rings (SSSR count). The molecule has 0 saturated carbocycles. The van der Waals surface area contributed by atoms with Crippen LogP contribution < -0.4 is 5.73 Å². The average molecular weight is 771 g/mol. The molecule has 2 aliphatic carbocycles. The highest BCUT2D eigenvalue weighted by atomic mass is 14.7. The molecular weight excluding hydrogens is 713 g/mol. The number of nitrogens with zero attached hydrogens (tertiary/aromatic N) is 1. The normalized spacial score (nSPS) is 11.0. The maximum absolute atomic E-state index is 5.81. The molecule has 0 atom stereocenters. The first kappa shape index (κ1) is 46.3. The Labute approximate surface area is 354 Å². The molecule has 0 saturated heterocycles. The molecule has 2 nitrogen and oxygen atoms in total. The summed E-state index contributed by atoms with van der Waals surface area (Å²) < 4.78 is 0. The Bertz CT molecular complexity index is 2360. The zero-order chi connectivity index (χ0) is 42.7. The second-order valence-corrected chi connectivity index (χ2v) is 13.0. The van der Waals surface area contributed by atoms with Crippen LogP contribution in [-0.2, 0) is 6.54 Å². The Kier molecular flexibility index (Phi) is 20.9. The molecule has 0 radical (unpaired) electrons. The van der Waals surface area contributed by atoms with Gasteiger partial charge in [-0.2, -0.15) is 0 Å². The lowest BCUT2D eigenvalue weighted by Crippen LogP contribution is -1.93. The van der Waals surface area contributed by atoms with Crippen LogP contribution in [0.5, 0.6) is 0 Å². The van der Waals surface area contributed by atoms with E-state index in [1.54, 1.807) is 6.08 Å². The Hall–Kier alpha value is -7.13. The lowest BCUT2D eigenvalue weighted by Gasteiger charge is -2.09. The molecular formula is C57H58N2. The summed E-state index contributed by atoms with van der Waals surface area (Å²) in [5.41, 5.74) is 19.8. The van der Waals surface area contributed by atoms with Crippen molar-refractivity contribution in [3.8, 4) is 22.3 Å². The van der Waals surface area contributed by atoms with E-state index < -0.39 is 0 Å². The molecule has 0 unspecified atom stereocenters. The van der Waals surface area contributed by atoms with Gasteiger partial charge < -0.3 is 5.73 Å². The van der Waals surface area contributed by atoms with Crippen molar-refractivity contribution in [3.05, 3.63) is 267 Å². The average Bonchev–Trinajstić information content (AvgIpc) is 3.26. The maximum Gasteiger partial charge on any atom is 0.0700 e. The van der Waals surface area contributed by atoms with Gasteiger partial charge in [-0.15, -0.1) is 6.58 Å². The van der Waals surface area contributed by atoms with Gasteiger partial charge in [0.25, 0.3) is 0 Å². The monoisotopic (exact) mass is 770 g/mol. The van der Waals surface area contributed by atoms with E-state index in [9.17, 15) is 0 Å². The summed E-state index contributed by atoms with van der Waals surface area (Å²) in [6.07, 6.45) is 15.5. The molecule has 3 aromatic rings. The largest absolute Gasteiger partial charge is 0.326 e. The highest BCUT2D eigenvalue weighted by molar-refractivity contribution is 5.86. The van der Waals surface area contributed by atoms with Gasteiger partial charge in [0.2, 0.25) is 0 Å². The summed E-state index contributed by atoms with van der Waals surface area (Å²) in [4.78, 5) is 4.22. The molecule has 0 aliphatic heterocycles. The first-order valence-electron chi connectivity index (χ1n) is 19.7.